The summed E-state index contributed by atoms with van der Waals surface area (Å²) in [6, 6.07) is 0. The minimum Gasteiger partial charge on any atom is -0.475 e. The van der Waals surface area contributed by atoms with E-state index in [1.807, 2.05) is 0 Å². The van der Waals surface area contributed by atoms with Crippen LogP contribution in [0.2, 0.25) is 0 Å². The number of hydrogen-bond acceptors (Lipinski definition) is 4. The summed E-state index contributed by atoms with van der Waals surface area (Å²) in [5, 5.41) is 7.12. The lowest BCUT2D eigenvalue weighted by molar-refractivity contribution is -0.192. The number of aliphatic carboxylic acids is 1. The minimum atomic E-state index is -5.08. The molecule has 0 aromatic carbocycles. The van der Waals surface area contributed by atoms with Gasteiger partial charge in [-0.05, 0) is 0 Å². The van der Waals surface area contributed by atoms with E-state index in [0.29, 0.717) is 0 Å². The number of rotatable bonds is 3. The summed E-state index contributed by atoms with van der Waals surface area (Å²) in [5.41, 5.74) is 4.90. The largest absolute Gasteiger partial charge is 0.490 e. The van der Waals surface area contributed by atoms with Crippen molar-refractivity contribution >= 4 is 11.9 Å². The second kappa shape index (κ2) is 7.80. The molecule has 0 aliphatic rings. The van der Waals surface area contributed by atoms with Crippen LogP contribution in [0, 0.1) is 0 Å². The van der Waals surface area contributed by atoms with Gasteiger partial charge in [-0.2, -0.15) is 13.2 Å². The van der Waals surface area contributed by atoms with E-state index in [2.05, 4.69) is 11.3 Å². The number of carbonyl (C=O) groups is 2. The van der Waals surface area contributed by atoms with Crippen LogP contribution in [0.4, 0.5) is 13.2 Å². The highest BCUT2D eigenvalue weighted by Crippen LogP contribution is 2.13. The Balaban J connectivity index is 0. The van der Waals surface area contributed by atoms with Crippen LogP contribution in [0.3, 0.4) is 0 Å². The molecule has 0 spiro atoms. The van der Waals surface area contributed by atoms with E-state index in [-0.39, 0.29) is 13.2 Å². The molecule has 0 saturated heterocycles. The SMILES string of the molecule is C=CCOC(=O)CN.O=C(O)C(F)(F)F. The highest BCUT2D eigenvalue weighted by Gasteiger charge is 2.38. The van der Waals surface area contributed by atoms with Crippen molar-refractivity contribution in [2.75, 3.05) is 13.2 Å². The van der Waals surface area contributed by atoms with Gasteiger partial charge in [-0.3, -0.25) is 4.79 Å². The van der Waals surface area contributed by atoms with Gasteiger partial charge < -0.3 is 15.6 Å². The van der Waals surface area contributed by atoms with Crippen molar-refractivity contribution in [3.8, 4) is 0 Å². The molecule has 0 aliphatic heterocycles. The highest BCUT2D eigenvalue weighted by atomic mass is 19.4. The number of carboxylic acid groups (broad SMARTS) is 1. The number of hydrogen-bond donors (Lipinski definition) is 2. The first-order valence-corrected chi connectivity index (χ1v) is 3.52. The number of halogens is 3. The second-order valence-electron chi connectivity index (χ2n) is 1.98. The molecule has 8 heteroatoms. The fourth-order valence-corrected chi connectivity index (χ4v) is 0.211. The smallest absolute Gasteiger partial charge is 0.475 e. The van der Waals surface area contributed by atoms with Crippen LogP contribution in [0.15, 0.2) is 12.7 Å². The Hall–Kier alpha value is -1.57. The summed E-state index contributed by atoms with van der Waals surface area (Å²) in [6.07, 6.45) is -3.59. The lowest BCUT2D eigenvalue weighted by atomic mass is 10.6. The summed E-state index contributed by atoms with van der Waals surface area (Å²) in [5.74, 6) is -3.16. The average Bonchev–Trinajstić information content (AvgIpc) is 2.13. The minimum absolute atomic E-state index is 0.0617. The van der Waals surface area contributed by atoms with Crippen molar-refractivity contribution in [2.24, 2.45) is 5.73 Å². The molecule has 88 valence electrons. The average molecular weight is 229 g/mol. The van der Waals surface area contributed by atoms with Gasteiger partial charge in [0.15, 0.2) is 0 Å². The first-order chi connectivity index (χ1) is 6.75. The topological polar surface area (TPSA) is 89.6 Å². The van der Waals surface area contributed by atoms with Crippen LogP contribution in [-0.2, 0) is 14.3 Å². The fourth-order valence-electron chi connectivity index (χ4n) is 0.211. The van der Waals surface area contributed by atoms with Gasteiger partial charge in [0.2, 0.25) is 0 Å². The molecular formula is C7H10F3NO4. The van der Waals surface area contributed by atoms with Gasteiger partial charge in [0.25, 0.3) is 0 Å². The van der Waals surface area contributed by atoms with Crippen molar-refractivity contribution < 1.29 is 32.6 Å². The van der Waals surface area contributed by atoms with E-state index in [4.69, 9.17) is 15.6 Å². The molecule has 0 rings (SSSR count). The van der Waals surface area contributed by atoms with Gasteiger partial charge in [0.05, 0.1) is 6.54 Å². The third-order valence-electron chi connectivity index (χ3n) is 0.771. The Kier molecular flexibility index (Phi) is 8.26. The fraction of sp³-hybridized carbons (Fsp3) is 0.429. The van der Waals surface area contributed by atoms with Crippen molar-refractivity contribution in [2.45, 2.75) is 6.18 Å². The third-order valence-corrected chi connectivity index (χ3v) is 0.771. The molecule has 0 amide bonds. The molecule has 3 N–H and O–H groups in total. The van der Waals surface area contributed by atoms with Crippen LogP contribution >= 0.6 is 0 Å². The monoisotopic (exact) mass is 229 g/mol. The molecule has 0 saturated carbocycles. The number of ether oxygens (including phenoxy) is 1. The normalized spacial score (nSPS) is 9.60. The number of nitrogens with two attached hydrogens (primary N) is 1. The van der Waals surface area contributed by atoms with Crippen LogP contribution < -0.4 is 5.73 Å². The van der Waals surface area contributed by atoms with E-state index in [1.54, 1.807) is 0 Å². The Morgan fingerprint density at radius 1 is 1.47 bits per heavy atom. The van der Waals surface area contributed by atoms with E-state index in [0.717, 1.165) is 0 Å². The second-order valence-corrected chi connectivity index (χ2v) is 1.98. The number of alkyl halides is 3. The van der Waals surface area contributed by atoms with Crippen LogP contribution in [0.1, 0.15) is 0 Å². The molecule has 0 aromatic rings. The molecule has 0 aromatic heterocycles. The molecule has 0 aliphatic carbocycles. The Labute approximate surface area is 83.3 Å². The lowest BCUT2D eigenvalue weighted by Gasteiger charge is -1.94. The van der Waals surface area contributed by atoms with Gasteiger partial charge in [-0.25, -0.2) is 4.79 Å². The predicted molar refractivity (Wildman–Crippen MR) is 43.9 cm³/mol. The summed E-state index contributed by atoms with van der Waals surface area (Å²) in [6.45, 7) is 3.53. The van der Waals surface area contributed by atoms with Crippen LogP contribution in [0.25, 0.3) is 0 Å². The Morgan fingerprint density at radius 3 is 2.07 bits per heavy atom. The van der Waals surface area contributed by atoms with Gasteiger partial charge >= 0.3 is 18.1 Å². The maximum absolute atomic E-state index is 10.6. The van der Waals surface area contributed by atoms with Gasteiger partial charge in [0, 0.05) is 0 Å². The van der Waals surface area contributed by atoms with Crippen molar-refractivity contribution in [3.05, 3.63) is 12.7 Å². The van der Waals surface area contributed by atoms with E-state index in [9.17, 15) is 18.0 Å². The summed E-state index contributed by atoms with van der Waals surface area (Å²) in [4.78, 5) is 19.1. The van der Waals surface area contributed by atoms with Gasteiger partial charge in [0.1, 0.15) is 6.61 Å². The highest BCUT2D eigenvalue weighted by molar-refractivity contribution is 5.73. The zero-order valence-corrected chi connectivity index (χ0v) is 7.58. The molecule has 0 atom stereocenters. The summed E-state index contributed by atoms with van der Waals surface area (Å²) >= 11 is 0. The maximum atomic E-state index is 10.6. The Bertz CT molecular complexity index is 227. The molecular weight excluding hydrogens is 219 g/mol. The van der Waals surface area contributed by atoms with E-state index in [1.165, 1.54) is 6.08 Å². The van der Waals surface area contributed by atoms with Gasteiger partial charge in [-0.1, -0.05) is 12.7 Å². The zero-order valence-electron chi connectivity index (χ0n) is 7.58. The molecule has 15 heavy (non-hydrogen) atoms. The number of carbonyl (C=O) groups excluding carboxylic acids is 1. The number of esters is 1. The first-order valence-electron chi connectivity index (χ1n) is 3.52. The molecule has 0 bridgehead atoms. The first kappa shape index (κ1) is 15.9. The third kappa shape index (κ3) is 12.4. The quantitative estimate of drug-likeness (QED) is 0.537. The standard InChI is InChI=1S/C5H9NO2.C2HF3O2/c1-2-3-8-5(7)4-6;3-2(4,5)1(6)7/h2H,1,3-4,6H2;(H,6,7). The molecule has 5 nitrogen and oxygen atoms in total. The number of carboxylic acids is 1. The van der Waals surface area contributed by atoms with Crippen molar-refractivity contribution in [3.63, 3.8) is 0 Å². The zero-order chi connectivity index (χ0) is 12.5. The van der Waals surface area contributed by atoms with E-state index >= 15 is 0 Å². The molecule has 0 fully saturated rings. The molecule has 0 unspecified atom stereocenters. The maximum Gasteiger partial charge on any atom is 0.490 e. The van der Waals surface area contributed by atoms with Crippen LogP contribution in [-0.4, -0.2) is 36.4 Å². The summed E-state index contributed by atoms with van der Waals surface area (Å²) in [7, 11) is 0. The van der Waals surface area contributed by atoms with E-state index < -0.39 is 18.1 Å². The summed E-state index contributed by atoms with van der Waals surface area (Å²) < 4.78 is 36.2. The van der Waals surface area contributed by atoms with Crippen LogP contribution in [0.5, 0.6) is 0 Å². The molecule has 0 radical (unpaired) electrons. The van der Waals surface area contributed by atoms with Crippen molar-refractivity contribution in [1.82, 2.24) is 0 Å². The lowest BCUT2D eigenvalue weighted by Crippen LogP contribution is -2.21. The predicted octanol–water partition coefficient (Wildman–Crippen LogP) is 0.308. The van der Waals surface area contributed by atoms with Gasteiger partial charge in [-0.15, -0.1) is 0 Å². The van der Waals surface area contributed by atoms with Crippen molar-refractivity contribution in [1.29, 1.82) is 0 Å². The Morgan fingerprint density at radius 2 is 1.87 bits per heavy atom. The molecule has 0 heterocycles.